The normalized spacial score (nSPS) is 11.5. The average Bonchev–Trinajstić information content (AvgIpc) is 2.41. The van der Waals surface area contributed by atoms with Crippen molar-refractivity contribution in [2.45, 2.75) is 12.8 Å². The van der Waals surface area contributed by atoms with E-state index in [0.717, 1.165) is 18.2 Å². The molecule has 0 radical (unpaired) electrons. The van der Waals surface area contributed by atoms with Crippen LogP contribution in [0.2, 0.25) is 0 Å². The Morgan fingerprint density at radius 1 is 1.05 bits per heavy atom. The third-order valence-corrected chi connectivity index (χ3v) is 3.14. The molecule has 0 fully saturated rings. The Morgan fingerprint density at radius 3 is 2.29 bits per heavy atom. The molecule has 2 nitrogen and oxygen atoms in total. The van der Waals surface area contributed by atoms with Crippen LogP contribution in [0.4, 0.5) is 17.6 Å². The number of hydrogen-bond donors (Lipinski definition) is 1. The van der Waals surface area contributed by atoms with Crippen molar-refractivity contribution in [3.8, 4) is 11.5 Å². The van der Waals surface area contributed by atoms with Gasteiger partial charge in [-0.15, -0.1) is 0 Å². The molecule has 0 aromatic heterocycles. The Balaban J connectivity index is 2.44. The fourth-order valence-electron chi connectivity index (χ4n) is 1.66. The van der Waals surface area contributed by atoms with Gasteiger partial charge in [0, 0.05) is 4.47 Å². The number of ether oxygens (including phenoxy) is 1. The van der Waals surface area contributed by atoms with E-state index in [1.165, 1.54) is 18.2 Å². The lowest BCUT2D eigenvalue weighted by molar-refractivity contribution is -0.138. The molecule has 2 rings (SSSR count). The summed E-state index contributed by atoms with van der Waals surface area (Å²) in [4.78, 5) is 0. The second-order valence-corrected chi connectivity index (χ2v) is 5.08. The zero-order chi connectivity index (χ0) is 15.6. The van der Waals surface area contributed by atoms with Gasteiger partial charge in [0.2, 0.25) is 0 Å². The number of rotatable bonds is 3. The van der Waals surface area contributed by atoms with E-state index in [2.05, 4.69) is 15.9 Å². The Morgan fingerprint density at radius 2 is 1.71 bits per heavy atom. The van der Waals surface area contributed by atoms with Crippen LogP contribution in [0, 0.1) is 5.82 Å². The predicted molar refractivity (Wildman–Crippen MR) is 71.5 cm³/mol. The number of aliphatic hydroxyl groups is 1. The summed E-state index contributed by atoms with van der Waals surface area (Å²) in [6.45, 7) is -0.532. The first kappa shape index (κ1) is 15.8. The van der Waals surface area contributed by atoms with Crippen LogP contribution in [0.5, 0.6) is 11.5 Å². The van der Waals surface area contributed by atoms with Gasteiger partial charge in [-0.25, -0.2) is 4.39 Å². The van der Waals surface area contributed by atoms with Crippen LogP contribution < -0.4 is 4.74 Å². The van der Waals surface area contributed by atoms with Gasteiger partial charge < -0.3 is 9.84 Å². The number of hydrogen-bond acceptors (Lipinski definition) is 2. The van der Waals surface area contributed by atoms with Crippen LogP contribution in [-0.4, -0.2) is 5.11 Å². The zero-order valence-corrected chi connectivity index (χ0v) is 12.0. The highest BCUT2D eigenvalue weighted by atomic mass is 79.9. The first-order valence-electron chi connectivity index (χ1n) is 5.75. The zero-order valence-electron chi connectivity index (χ0n) is 10.4. The summed E-state index contributed by atoms with van der Waals surface area (Å²) in [6, 6.07) is 6.86. The van der Waals surface area contributed by atoms with Crippen LogP contribution in [0.15, 0.2) is 40.9 Å². The first-order valence-corrected chi connectivity index (χ1v) is 6.54. The number of halogens is 5. The van der Waals surface area contributed by atoms with Gasteiger partial charge in [-0.2, -0.15) is 13.2 Å². The van der Waals surface area contributed by atoms with Crippen LogP contribution in [-0.2, 0) is 12.8 Å². The molecule has 0 aliphatic rings. The maximum Gasteiger partial charge on any atom is 0.419 e. The number of aliphatic hydroxyl groups excluding tert-OH is 1. The molecule has 0 bridgehead atoms. The fraction of sp³-hybridized carbons (Fsp3) is 0.143. The van der Waals surface area contributed by atoms with Gasteiger partial charge in [0.15, 0.2) is 11.6 Å². The van der Waals surface area contributed by atoms with Gasteiger partial charge >= 0.3 is 6.18 Å². The molecule has 1 N–H and O–H groups in total. The molecule has 0 atom stereocenters. The van der Waals surface area contributed by atoms with Crippen LogP contribution in [0.25, 0.3) is 0 Å². The minimum absolute atomic E-state index is 0.0888. The molecular formula is C14H9BrF4O2. The Hall–Kier alpha value is -1.60. The number of benzene rings is 2. The monoisotopic (exact) mass is 364 g/mol. The molecule has 0 amide bonds. The van der Waals surface area contributed by atoms with E-state index in [1.54, 1.807) is 0 Å². The highest BCUT2D eigenvalue weighted by Crippen LogP contribution is 2.39. The third-order valence-electron chi connectivity index (χ3n) is 2.65. The maximum atomic E-state index is 13.6. The molecule has 112 valence electrons. The molecule has 0 aliphatic heterocycles. The van der Waals surface area contributed by atoms with Crippen LogP contribution >= 0.6 is 15.9 Å². The summed E-state index contributed by atoms with van der Waals surface area (Å²) in [5, 5.41) is 8.91. The summed E-state index contributed by atoms with van der Waals surface area (Å²) in [6.07, 6.45) is -4.67. The molecule has 2 aromatic carbocycles. The lowest BCUT2D eigenvalue weighted by atomic mass is 10.1. The molecule has 0 aliphatic carbocycles. The van der Waals surface area contributed by atoms with E-state index in [9.17, 15) is 17.6 Å². The second kappa shape index (κ2) is 6.03. The van der Waals surface area contributed by atoms with E-state index in [4.69, 9.17) is 9.84 Å². The summed E-state index contributed by atoms with van der Waals surface area (Å²) >= 11 is 3.04. The smallest absolute Gasteiger partial charge is 0.419 e. The van der Waals surface area contributed by atoms with Gasteiger partial charge in [-0.1, -0.05) is 22.0 Å². The van der Waals surface area contributed by atoms with Gasteiger partial charge in [-0.3, -0.25) is 0 Å². The van der Waals surface area contributed by atoms with Crippen molar-refractivity contribution in [3.63, 3.8) is 0 Å². The van der Waals surface area contributed by atoms with Gasteiger partial charge in [-0.05, 0) is 35.9 Å². The van der Waals surface area contributed by atoms with Gasteiger partial charge in [0.1, 0.15) is 5.75 Å². The van der Waals surface area contributed by atoms with Crippen molar-refractivity contribution < 1.29 is 27.4 Å². The van der Waals surface area contributed by atoms with Crippen molar-refractivity contribution >= 4 is 15.9 Å². The van der Waals surface area contributed by atoms with E-state index in [-0.39, 0.29) is 11.3 Å². The lowest BCUT2D eigenvalue weighted by Gasteiger charge is -2.15. The molecule has 2 aromatic rings. The van der Waals surface area contributed by atoms with Gasteiger partial charge in [0.25, 0.3) is 0 Å². The van der Waals surface area contributed by atoms with Crippen LogP contribution in [0.3, 0.4) is 0 Å². The first-order chi connectivity index (χ1) is 9.81. The minimum atomic E-state index is -4.67. The highest BCUT2D eigenvalue weighted by Gasteiger charge is 2.35. The van der Waals surface area contributed by atoms with Crippen molar-refractivity contribution in [2.75, 3.05) is 0 Å². The molecule has 21 heavy (non-hydrogen) atoms. The molecule has 0 heterocycles. The third kappa shape index (κ3) is 3.74. The summed E-state index contributed by atoms with van der Waals surface area (Å²) in [5.41, 5.74) is -0.984. The largest absolute Gasteiger partial charge is 0.454 e. The molecule has 0 spiro atoms. The predicted octanol–water partition coefficient (Wildman–Crippen LogP) is 4.89. The molecule has 0 unspecified atom stereocenters. The average molecular weight is 365 g/mol. The minimum Gasteiger partial charge on any atom is -0.454 e. The lowest BCUT2D eigenvalue weighted by Crippen LogP contribution is -2.08. The van der Waals surface area contributed by atoms with Crippen molar-refractivity contribution in [2.24, 2.45) is 0 Å². The maximum absolute atomic E-state index is 13.6. The van der Waals surface area contributed by atoms with E-state index < -0.39 is 29.9 Å². The number of alkyl halides is 3. The van der Waals surface area contributed by atoms with E-state index in [1.807, 2.05) is 0 Å². The fourth-order valence-corrected chi connectivity index (χ4v) is 2.00. The second-order valence-electron chi connectivity index (χ2n) is 4.16. The SMILES string of the molecule is OCc1ccc(Oc2ccc(Br)cc2F)c(C(F)(F)F)c1. The highest BCUT2D eigenvalue weighted by molar-refractivity contribution is 9.10. The quantitative estimate of drug-likeness (QED) is 0.785. The topological polar surface area (TPSA) is 29.5 Å². The van der Waals surface area contributed by atoms with Gasteiger partial charge in [0.05, 0.1) is 12.2 Å². The Labute approximate surface area is 126 Å². The Bertz CT molecular complexity index is 656. The van der Waals surface area contributed by atoms with Crippen molar-refractivity contribution in [1.29, 1.82) is 0 Å². The summed E-state index contributed by atoms with van der Waals surface area (Å²) in [7, 11) is 0. The molecular weight excluding hydrogens is 356 g/mol. The Kier molecular flexibility index (Phi) is 4.53. The standard InChI is InChI=1S/C14H9BrF4O2/c15-9-2-4-13(11(16)6-9)21-12-3-1-8(7-20)5-10(12)14(17,18)19/h1-6,20H,7H2. The summed E-state index contributed by atoms with van der Waals surface area (Å²) < 4.78 is 58.0. The molecule has 7 heteroatoms. The van der Waals surface area contributed by atoms with Crippen molar-refractivity contribution in [3.05, 3.63) is 57.8 Å². The van der Waals surface area contributed by atoms with Crippen molar-refractivity contribution in [1.82, 2.24) is 0 Å². The van der Waals surface area contributed by atoms with Crippen LogP contribution in [0.1, 0.15) is 11.1 Å². The molecule has 0 saturated carbocycles. The summed E-state index contributed by atoms with van der Waals surface area (Å²) in [5.74, 6) is -1.63. The molecule has 0 saturated heterocycles. The van der Waals surface area contributed by atoms with E-state index >= 15 is 0 Å². The van der Waals surface area contributed by atoms with E-state index in [0.29, 0.717) is 4.47 Å².